The van der Waals surface area contributed by atoms with Crippen LogP contribution < -0.4 is 21.3 Å². The fraction of sp³-hybridized carbons (Fsp3) is 0.710. The van der Waals surface area contributed by atoms with Crippen molar-refractivity contribution in [3.63, 3.8) is 0 Å². The molecule has 41 heavy (non-hydrogen) atoms. The number of Topliss-reactive ketones (excluding diaryl/α,β-unsaturated/α-hetero) is 1. The summed E-state index contributed by atoms with van der Waals surface area (Å²) in [5.41, 5.74) is 0. The molecule has 3 atom stereocenters. The number of amides is 5. The van der Waals surface area contributed by atoms with Gasteiger partial charge in [0.15, 0.2) is 0 Å². The zero-order valence-electron chi connectivity index (χ0n) is 25.9. The van der Waals surface area contributed by atoms with Gasteiger partial charge in [0.25, 0.3) is 5.91 Å². The van der Waals surface area contributed by atoms with Crippen LogP contribution >= 0.6 is 0 Å². The summed E-state index contributed by atoms with van der Waals surface area (Å²) in [7, 11) is 1.49. The lowest BCUT2D eigenvalue weighted by Gasteiger charge is -2.34. The van der Waals surface area contributed by atoms with E-state index in [2.05, 4.69) is 47.6 Å². The molecule has 2 fully saturated rings. The zero-order valence-corrected chi connectivity index (χ0v) is 25.9. The summed E-state index contributed by atoms with van der Waals surface area (Å²) in [6.45, 7) is 12.3. The van der Waals surface area contributed by atoms with Crippen molar-refractivity contribution in [2.24, 2.45) is 5.92 Å². The summed E-state index contributed by atoms with van der Waals surface area (Å²) in [6.07, 6.45) is 14.9. The minimum atomic E-state index is -1.05. The monoisotopic (exact) mass is 575 g/mol. The summed E-state index contributed by atoms with van der Waals surface area (Å²) in [4.78, 5) is 65.5. The number of unbranched alkanes of at least 4 members (excludes halogenated alkanes) is 1. The number of carbonyl (C=O) groups is 5. The number of terminal acetylenes is 1. The number of likely N-dealkylation sites (tertiary alicyclic amines) is 1. The Balaban J connectivity index is 0.00000299. The Bertz CT molecular complexity index is 879. The Morgan fingerprint density at radius 1 is 1.02 bits per heavy atom. The van der Waals surface area contributed by atoms with E-state index in [0.29, 0.717) is 32.2 Å². The van der Waals surface area contributed by atoms with Crippen molar-refractivity contribution in [3.05, 3.63) is 12.7 Å². The second kappa shape index (κ2) is 22.4. The smallest absolute Gasteiger partial charge is 0.315 e. The molecule has 1 saturated carbocycles. The minimum absolute atomic E-state index is 0.000457. The predicted octanol–water partition coefficient (Wildman–Crippen LogP) is 3.46. The van der Waals surface area contributed by atoms with E-state index in [4.69, 9.17) is 6.42 Å². The van der Waals surface area contributed by atoms with Crippen molar-refractivity contribution in [3.8, 4) is 12.3 Å². The largest absolute Gasteiger partial charge is 0.346 e. The number of hydrogen-bond acceptors (Lipinski definition) is 5. The van der Waals surface area contributed by atoms with E-state index in [-0.39, 0.29) is 24.8 Å². The quantitative estimate of drug-likeness (QED) is 0.122. The Hall–Kier alpha value is -3.35. The highest BCUT2D eigenvalue weighted by atomic mass is 16.2. The van der Waals surface area contributed by atoms with Crippen LogP contribution in [0.2, 0.25) is 0 Å². The molecule has 4 N–H and O–H groups in total. The highest BCUT2D eigenvalue weighted by molar-refractivity contribution is 6.38. The van der Waals surface area contributed by atoms with Gasteiger partial charge in [-0.1, -0.05) is 59.5 Å². The summed E-state index contributed by atoms with van der Waals surface area (Å²) in [6, 6.07) is -3.00. The summed E-state index contributed by atoms with van der Waals surface area (Å²) in [5.74, 6) is 0.135. The van der Waals surface area contributed by atoms with Gasteiger partial charge >= 0.3 is 6.03 Å². The van der Waals surface area contributed by atoms with E-state index in [1.54, 1.807) is 0 Å². The van der Waals surface area contributed by atoms with E-state index in [0.717, 1.165) is 32.1 Å². The van der Waals surface area contributed by atoms with E-state index in [1.165, 1.54) is 24.4 Å². The van der Waals surface area contributed by atoms with Crippen LogP contribution in [0.5, 0.6) is 0 Å². The van der Waals surface area contributed by atoms with Gasteiger partial charge in [0.1, 0.15) is 12.1 Å². The van der Waals surface area contributed by atoms with Crippen LogP contribution in [0, 0.1) is 18.3 Å². The molecule has 2 aliphatic rings. The summed E-state index contributed by atoms with van der Waals surface area (Å²) < 4.78 is 0. The van der Waals surface area contributed by atoms with Crippen LogP contribution in [0.1, 0.15) is 98.3 Å². The van der Waals surface area contributed by atoms with Gasteiger partial charge in [0, 0.05) is 26.6 Å². The number of nitrogens with zero attached hydrogens (tertiary/aromatic N) is 1. The first kappa shape index (κ1) is 37.6. The maximum atomic E-state index is 13.6. The third kappa shape index (κ3) is 13.2. The molecular weight excluding hydrogens is 522 g/mol. The van der Waals surface area contributed by atoms with Gasteiger partial charge < -0.3 is 26.2 Å². The number of carbonyl (C=O) groups excluding carboxylic acids is 5. The molecule has 0 aromatic rings. The Morgan fingerprint density at radius 3 is 2.22 bits per heavy atom. The molecule has 0 aromatic heterocycles. The van der Waals surface area contributed by atoms with E-state index in [9.17, 15) is 24.0 Å². The molecule has 232 valence electrons. The fourth-order valence-corrected chi connectivity index (χ4v) is 4.90. The van der Waals surface area contributed by atoms with Gasteiger partial charge in [-0.2, -0.15) is 0 Å². The lowest BCUT2D eigenvalue weighted by atomic mass is 9.83. The van der Waals surface area contributed by atoms with Crippen molar-refractivity contribution in [2.45, 2.75) is 116 Å². The topological polar surface area (TPSA) is 137 Å². The predicted molar refractivity (Wildman–Crippen MR) is 163 cm³/mol. The van der Waals surface area contributed by atoms with Crippen molar-refractivity contribution in [1.82, 2.24) is 26.2 Å². The van der Waals surface area contributed by atoms with Crippen LogP contribution in [-0.4, -0.2) is 72.7 Å². The minimum Gasteiger partial charge on any atom is -0.346 e. The van der Waals surface area contributed by atoms with E-state index >= 15 is 0 Å². The zero-order chi connectivity index (χ0) is 31.2. The van der Waals surface area contributed by atoms with Gasteiger partial charge in [-0.15, -0.1) is 18.9 Å². The first-order valence-electron chi connectivity index (χ1n) is 15.2. The molecule has 1 saturated heterocycles. The normalized spacial score (nSPS) is 17.6. The SMILES string of the molecule is C#CCCCC(NC(=O)C1CCCN1C(=O)C(NC(=O)NC)C1CCCCC1)C(=O)C(=O)NCC=C.CC.CCC. The molecule has 3 unspecified atom stereocenters. The lowest BCUT2D eigenvalue weighted by molar-refractivity contribution is -0.143. The Kier molecular flexibility index (Phi) is 20.5. The van der Waals surface area contributed by atoms with Crippen LogP contribution in [0.15, 0.2) is 12.7 Å². The Labute approximate surface area is 247 Å². The molecule has 5 amide bonds. The first-order chi connectivity index (χ1) is 19.7. The molecule has 0 bridgehead atoms. The van der Waals surface area contributed by atoms with Gasteiger partial charge in [-0.25, -0.2) is 4.79 Å². The molecule has 0 aromatic carbocycles. The molecule has 10 heteroatoms. The number of ketones is 1. The maximum Gasteiger partial charge on any atom is 0.315 e. The van der Waals surface area contributed by atoms with E-state index in [1.807, 2.05) is 13.8 Å². The third-order valence-electron chi connectivity index (χ3n) is 6.82. The summed E-state index contributed by atoms with van der Waals surface area (Å²) >= 11 is 0. The highest BCUT2D eigenvalue weighted by Gasteiger charge is 2.41. The van der Waals surface area contributed by atoms with Crippen LogP contribution in [0.25, 0.3) is 0 Å². The molecule has 1 aliphatic carbocycles. The second-order valence-electron chi connectivity index (χ2n) is 10.0. The molecule has 2 rings (SSSR count). The average molecular weight is 576 g/mol. The number of rotatable bonds is 12. The number of hydrogen-bond donors (Lipinski definition) is 4. The van der Waals surface area contributed by atoms with Crippen molar-refractivity contribution < 1.29 is 24.0 Å². The highest BCUT2D eigenvalue weighted by Crippen LogP contribution is 2.29. The van der Waals surface area contributed by atoms with Crippen molar-refractivity contribution >= 4 is 29.5 Å². The van der Waals surface area contributed by atoms with Crippen LogP contribution in [0.3, 0.4) is 0 Å². The number of nitrogens with one attached hydrogen (secondary N) is 4. The molecule has 1 heterocycles. The Morgan fingerprint density at radius 2 is 1.66 bits per heavy atom. The van der Waals surface area contributed by atoms with Gasteiger partial charge in [-0.3, -0.25) is 19.2 Å². The second-order valence-corrected chi connectivity index (χ2v) is 10.0. The van der Waals surface area contributed by atoms with Gasteiger partial charge in [0.05, 0.1) is 6.04 Å². The fourth-order valence-electron chi connectivity index (χ4n) is 4.90. The van der Waals surface area contributed by atoms with Gasteiger partial charge in [-0.05, 0) is 44.4 Å². The third-order valence-corrected chi connectivity index (χ3v) is 6.82. The molecule has 0 spiro atoms. The van der Waals surface area contributed by atoms with Crippen molar-refractivity contribution in [1.29, 1.82) is 0 Å². The van der Waals surface area contributed by atoms with Gasteiger partial charge in [0.2, 0.25) is 17.6 Å². The standard InChI is InChI=1S/C26H39N5O5.C3H8.C2H6/c1-4-6-8-14-19(22(32)24(34)28-16-5-2)29-23(33)20-15-11-17-31(20)25(35)21(30-26(36)27-3)18-12-9-7-10-13-18;1-3-2;1-2/h1,5,18-21H,2,6-17H2,3H3,(H,28,34)(H,29,33)(H2,27,30,36);3H2,1-2H3;1-2H3. The average Bonchev–Trinajstić information content (AvgIpc) is 3.49. The van der Waals surface area contributed by atoms with Crippen LogP contribution in [0.4, 0.5) is 4.79 Å². The van der Waals surface area contributed by atoms with Crippen LogP contribution in [-0.2, 0) is 19.2 Å². The molecule has 0 radical (unpaired) electrons. The summed E-state index contributed by atoms with van der Waals surface area (Å²) in [5, 5.41) is 10.4. The van der Waals surface area contributed by atoms with E-state index < -0.39 is 41.8 Å². The molecular formula is C31H53N5O5. The maximum absolute atomic E-state index is 13.6. The molecule has 1 aliphatic heterocycles. The van der Waals surface area contributed by atoms with Crippen molar-refractivity contribution in [2.75, 3.05) is 20.1 Å². The number of urea groups is 1. The lowest BCUT2D eigenvalue weighted by Crippen LogP contribution is -2.58. The first-order valence-corrected chi connectivity index (χ1v) is 15.2. The molecule has 10 nitrogen and oxygen atoms in total.